The molecule has 4 heteroatoms. The van der Waals surface area contributed by atoms with Crippen LogP contribution in [0.15, 0.2) is 34.9 Å². The molecule has 0 spiro atoms. The second kappa shape index (κ2) is 6.38. The number of oxazole rings is 1. The van der Waals surface area contributed by atoms with E-state index < -0.39 is 0 Å². The van der Waals surface area contributed by atoms with E-state index in [0.29, 0.717) is 0 Å². The number of ether oxygens (including phenoxy) is 1. The summed E-state index contributed by atoms with van der Waals surface area (Å²) in [5.41, 5.74) is 1.00. The van der Waals surface area contributed by atoms with Crippen molar-refractivity contribution in [2.75, 3.05) is 13.7 Å². The van der Waals surface area contributed by atoms with Crippen molar-refractivity contribution in [2.45, 2.75) is 26.3 Å². The lowest BCUT2D eigenvalue weighted by Gasteiger charge is -2.08. The Hall–Kier alpha value is -1.81. The van der Waals surface area contributed by atoms with E-state index in [1.54, 1.807) is 13.3 Å². The molecule has 0 aliphatic rings. The van der Waals surface area contributed by atoms with Gasteiger partial charge in [-0.2, -0.15) is 0 Å². The molecule has 4 nitrogen and oxygen atoms in total. The van der Waals surface area contributed by atoms with Crippen LogP contribution in [-0.2, 0) is 0 Å². The second-order valence-corrected chi connectivity index (χ2v) is 4.47. The molecule has 102 valence electrons. The van der Waals surface area contributed by atoms with Gasteiger partial charge in [0.15, 0.2) is 5.76 Å². The van der Waals surface area contributed by atoms with E-state index in [9.17, 15) is 0 Å². The van der Waals surface area contributed by atoms with Gasteiger partial charge in [-0.25, -0.2) is 4.98 Å². The summed E-state index contributed by atoms with van der Waals surface area (Å²) < 4.78 is 10.9. The quantitative estimate of drug-likeness (QED) is 0.864. The third-order valence-corrected chi connectivity index (χ3v) is 2.97. The summed E-state index contributed by atoms with van der Waals surface area (Å²) in [5, 5.41) is 3.36. The largest absolute Gasteiger partial charge is 0.497 e. The first-order valence-corrected chi connectivity index (χ1v) is 6.58. The monoisotopic (exact) mass is 260 g/mol. The summed E-state index contributed by atoms with van der Waals surface area (Å²) in [7, 11) is 1.66. The van der Waals surface area contributed by atoms with Crippen LogP contribution >= 0.6 is 0 Å². The van der Waals surface area contributed by atoms with E-state index in [0.717, 1.165) is 35.9 Å². The minimum atomic E-state index is 0.131. The Morgan fingerprint density at radius 1 is 1.32 bits per heavy atom. The van der Waals surface area contributed by atoms with Crippen molar-refractivity contribution in [1.29, 1.82) is 0 Å². The maximum atomic E-state index is 5.79. The number of benzene rings is 1. The third kappa shape index (κ3) is 3.35. The molecule has 2 rings (SSSR count). The summed E-state index contributed by atoms with van der Waals surface area (Å²) in [5.74, 6) is 2.34. The molecule has 1 atom stereocenters. The van der Waals surface area contributed by atoms with E-state index in [1.165, 1.54) is 0 Å². The number of nitrogens with one attached hydrogen (secondary N) is 1. The van der Waals surface area contributed by atoms with Crippen molar-refractivity contribution in [3.8, 4) is 17.1 Å². The minimum absolute atomic E-state index is 0.131. The smallest absolute Gasteiger partial charge is 0.211 e. The molecule has 0 saturated heterocycles. The van der Waals surface area contributed by atoms with Crippen LogP contribution < -0.4 is 10.1 Å². The summed E-state index contributed by atoms with van der Waals surface area (Å²) in [6.07, 6.45) is 2.86. The van der Waals surface area contributed by atoms with Crippen molar-refractivity contribution in [3.63, 3.8) is 0 Å². The zero-order valence-corrected chi connectivity index (χ0v) is 11.6. The fourth-order valence-corrected chi connectivity index (χ4v) is 1.82. The molecule has 0 saturated carbocycles. The molecule has 1 unspecified atom stereocenters. The number of rotatable bonds is 6. The summed E-state index contributed by atoms with van der Waals surface area (Å²) >= 11 is 0. The topological polar surface area (TPSA) is 47.3 Å². The molecule has 2 aromatic rings. The number of nitrogens with zero attached hydrogens (tertiary/aromatic N) is 1. The Morgan fingerprint density at radius 2 is 2.05 bits per heavy atom. The van der Waals surface area contributed by atoms with Gasteiger partial charge in [-0.15, -0.1) is 0 Å². The maximum absolute atomic E-state index is 5.79. The van der Waals surface area contributed by atoms with Crippen LogP contribution in [-0.4, -0.2) is 18.6 Å². The van der Waals surface area contributed by atoms with Crippen LogP contribution in [0.5, 0.6) is 5.75 Å². The summed E-state index contributed by atoms with van der Waals surface area (Å²) in [6, 6.07) is 7.89. The molecule has 0 fully saturated rings. The Labute approximate surface area is 113 Å². The number of methoxy groups -OCH3 is 1. The van der Waals surface area contributed by atoms with Crippen molar-refractivity contribution < 1.29 is 9.15 Å². The first kappa shape index (κ1) is 13.6. The highest BCUT2D eigenvalue weighted by Gasteiger charge is 2.12. The van der Waals surface area contributed by atoms with Crippen LogP contribution in [0.3, 0.4) is 0 Å². The molecule has 1 N–H and O–H groups in total. The van der Waals surface area contributed by atoms with E-state index in [-0.39, 0.29) is 6.04 Å². The number of hydrogen-bond donors (Lipinski definition) is 1. The predicted octanol–water partition coefficient (Wildman–Crippen LogP) is 3.41. The fraction of sp³-hybridized carbons (Fsp3) is 0.400. The van der Waals surface area contributed by atoms with E-state index in [4.69, 9.17) is 9.15 Å². The van der Waals surface area contributed by atoms with Gasteiger partial charge in [-0.05, 0) is 44.2 Å². The van der Waals surface area contributed by atoms with Gasteiger partial charge in [0.2, 0.25) is 5.89 Å². The van der Waals surface area contributed by atoms with Crippen LogP contribution in [0, 0.1) is 0 Å². The van der Waals surface area contributed by atoms with Gasteiger partial charge in [0, 0.05) is 5.56 Å². The van der Waals surface area contributed by atoms with Crippen LogP contribution in [0.1, 0.15) is 32.2 Å². The van der Waals surface area contributed by atoms with Gasteiger partial charge in [0.05, 0.1) is 19.3 Å². The zero-order valence-electron chi connectivity index (χ0n) is 11.6. The first-order chi connectivity index (χ1) is 9.24. The molecule has 0 aliphatic carbocycles. The molecule has 1 aromatic carbocycles. The highest BCUT2D eigenvalue weighted by atomic mass is 16.5. The minimum Gasteiger partial charge on any atom is -0.497 e. The molecule has 0 amide bonds. The standard InChI is InChI=1S/C15H20N2O2/c1-4-9-16-11(2)15-17-10-14(19-15)12-5-7-13(18-3)8-6-12/h5-8,10-11,16H,4,9H2,1-3H3. The van der Waals surface area contributed by atoms with Crippen molar-refractivity contribution in [2.24, 2.45) is 0 Å². The third-order valence-electron chi connectivity index (χ3n) is 2.97. The Kier molecular flexibility index (Phi) is 4.58. The van der Waals surface area contributed by atoms with E-state index in [2.05, 4.69) is 24.1 Å². The molecule has 0 aliphatic heterocycles. The number of hydrogen-bond acceptors (Lipinski definition) is 4. The first-order valence-electron chi connectivity index (χ1n) is 6.58. The van der Waals surface area contributed by atoms with Gasteiger partial charge in [0.25, 0.3) is 0 Å². The van der Waals surface area contributed by atoms with Crippen molar-refractivity contribution in [1.82, 2.24) is 10.3 Å². The molecule has 1 aromatic heterocycles. The SMILES string of the molecule is CCCNC(C)c1ncc(-c2ccc(OC)cc2)o1. The maximum Gasteiger partial charge on any atom is 0.211 e. The molecule has 19 heavy (non-hydrogen) atoms. The van der Waals surface area contributed by atoms with Gasteiger partial charge in [-0.1, -0.05) is 6.92 Å². The zero-order chi connectivity index (χ0) is 13.7. The normalized spacial score (nSPS) is 12.4. The lowest BCUT2D eigenvalue weighted by atomic mass is 10.2. The van der Waals surface area contributed by atoms with Gasteiger partial charge >= 0.3 is 0 Å². The second-order valence-electron chi connectivity index (χ2n) is 4.47. The Morgan fingerprint density at radius 3 is 2.68 bits per heavy atom. The fourth-order valence-electron chi connectivity index (χ4n) is 1.82. The Bertz CT molecular complexity index is 505. The van der Waals surface area contributed by atoms with Gasteiger partial charge in [-0.3, -0.25) is 0 Å². The van der Waals surface area contributed by atoms with Crippen LogP contribution in [0.2, 0.25) is 0 Å². The van der Waals surface area contributed by atoms with E-state index in [1.807, 2.05) is 24.3 Å². The average Bonchev–Trinajstić information content (AvgIpc) is 2.94. The average molecular weight is 260 g/mol. The molecule has 0 bridgehead atoms. The lowest BCUT2D eigenvalue weighted by molar-refractivity contribution is 0.414. The lowest BCUT2D eigenvalue weighted by Crippen LogP contribution is -2.19. The van der Waals surface area contributed by atoms with Gasteiger partial charge < -0.3 is 14.5 Å². The highest BCUT2D eigenvalue weighted by Crippen LogP contribution is 2.24. The van der Waals surface area contributed by atoms with Gasteiger partial charge in [0.1, 0.15) is 5.75 Å². The Balaban J connectivity index is 2.11. The molecular weight excluding hydrogens is 240 g/mol. The molecule has 0 radical (unpaired) electrons. The summed E-state index contributed by atoms with van der Waals surface area (Å²) in [4.78, 5) is 4.33. The molecular formula is C15H20N2O2. The van der Waals surface area contributed by atoms with Crippen LogP contribution in [0.25, 0.3) is 11.3 Å². The van der Waals surface area contributed by atoms with Crippen molar-refractivity contribution in [3.05, 3.63) is 36.4 Å². The molecule has 1 heterocycles. The number of aromatic nitrogens is 1. The summed E-state index contributed by atoms with van der Waals surface area (Å²) in [6.45, 7) is 5.15. The van der Waals surface area contributed by atoms with E-state index >= 15 is 0 Å². The highest BCUT2D eigenvalue weighted by molar-refractivity contribution is 5.57. The van der Waals surface area contributed by atoms with Crippen LogP contribution in [0.4, 0.5) is 0 Å². The predicted molar refractivity (Wildman–Crippen MR) is 75.2 cm³/mol. The van der Waals surface area contributed by atoms with Crippen molar-refractivity contribution >= 4 is 0 Å².